The molecule has 0 unspecified atom stereocenters. The van der Waals surface area contributed by atoms with Gasteiger partial charge in [0.25, 0.3) is 5.91 Å². The van der Waals surface area contributed by atoms with E-state index in [0.717, 1.165) is 16.9 Å². The van der Waals surface area contributed by atoms with Crippen LogP contribution in [-0.2, 0) is 4.79 Å². The highest BCUT2D eigenvalue weighted by Gasteiger charge is 2.18. The molecule has 3 nitrogen and oxygen atoms in total. The van der Waals surface area contributed by atoms with Crippen LogP contribution in [0.1, 0.15) is 47.7 Å². The smallest absolute Gasteiger partial charge is 0.261 e. The van der Waals surface area contributed by atoms with E-state index in [0.29, 0.717) is 0 Å². The van der Waals surface area contributed by atoms with Gasteiger partial charge < -0.3 is 10.1 Å². The lowest BCUT2D eigenvalue weighted by molar-refractivity contribution is -0.127. The van der Waals surface area contributed by atoms with E-state index >= 15 is 0 Å². The van der Waals surface area contributed by atoms with Gasteiger partial charge in [0.15, 0.2) is 6.10 Å². The van der Waals surface area contributed by atoms with Crippen molar-refractivity contribution in [2.24, 2.45) is 0 Å². The van der Waals surface area contributed by atoms with Crippen molar-refractivity contribution in [1.82, 2.24) is 5.32 Å². The topological polar surface area (TPSA) is 38.3 Å². The molecule has 2 atom stereocenters. The molecule has 1 amide bonds. The fourth-order valence-corrected chi connectivity index (χ4v) is 2.76. The Morgan fingerprint density at radius 3 is 2.25 bits per heavy atom. The quantitative estimate of drug-likeness (QED) is 0.875. The Hall–Kier alpha value is -2.29. The molecule has 128 valence electrons. The molecule has 2 rings (SSSR count). The summed E-state index contributed by atoms with van der Waals surface area (Å²) in [4.78, 5) is 12.4. The number of amides is 1. The minimum Gasteiger partial charge on any atom is -0.481 e. The second-order valence-electron chi connectivity index (χ2n) is 6.60. The lowest BCUT2D eigenvalue weighted by Gasteiger charge is -2.21. The van der Waals surface area contributed by atoms with Crippen LogP contribution in [-0.4, -0.2) is 12.0 Å². The van der Waals surface area contributed by atoms with Crippen molar-refractivity contribution in [3.05, 3.63) is 64.2 Å². The maximum atomic E-state index is 12.4. The molecule has 0 spiro atoms. The lowest BCUT2D eigenvalue weighted by atomic mass is 10.00. The van der Waals surface area contributed by atoms with Crippen LogP contribution in [0.2, 0.25) is 0 Å². The molecule has 3 heteroatoms. The second kappa shape index (κ2) is 7.52. The number of aryl methyl sites for hydroxylation is 4. The van der Waals surface area contributed by atoms with Gasteiger partial charge >= 0.3 is 0 Å². The molecule has 24 heavy (non-hydrogen) atoms. The standard InChI is InChI=1S/C21H27NO2/c1-13-7-10-20(16(4)11-13)17(5)22-21(23)18(6)24-19-9-8-14(2)15(3)12-19/h7-12,17-18H,1-6H3,(H,22,23)/t17-,18-/m1/s1. The monoisotopic (exact) mass is 325 g/mol. The highest BCUT2D eigenvalue weighted by Crippen LogP contribution is 2.20. The number of carbonyl (C=O) groups excluding carboxylic acids is 1. The Labute approximate surface area is 145 Å². The van der Waals surface area contributed by atoms with E-state index in [1.807, 2.05) is 32.0 Å². The summed E-state index contributed by atoms with van der Waals surface area (Å²) in [5.41, 5.74) is 5.91. The van der Waals surface area contributed by atoms with Gasteiger partial charge in [0, 0.05) is 0 Å². The summed E-state index contributed by atoms with van der Waals surface area (Å²) in [5.74, 6) is 0.612. The third-order valence-corrected chi connectivity index (χ3v) is 4.41. The number of benzene rings is 2. The normalized spacial score (nSPS) is 13.2. The molecule has 0 aromatic heterocycles. The number of carbonyl (C=O) groups is 1. The van der Waals surface area contributed by atoms with Gasteiger partial charge in [-0.1, -0.05) is 29.8 Å². The molecular weight excluding hydrogens is 298 g/mol. The van der Waals surface area contributed by atoms with Gasteiger partial charge in [-0.25, -0.2) is 0 Å². The number of ether oxygens (including phenoxy) is 1. The molecule has 0 fully saturated rings. The van der Waals surface area contributed by atoms with E-state index in [1.54, 1.807) is 6.92 Å². The summed E-state index contributed by atoms with van der Waals surface area (Å²) in [6.07, 6.45) is -0.541. The molecule has 2 aromatic carbocycles. The molecule has 0 bridgehead atoms. The van der Waals surface area contributed by atoms with E-state index in [2.05, 4.69) is 44.3 Å². The van der Waals surface area contributed by atoms with Crippen molar-refractivity contribution >= 4 is 5.91 Å². The van der Waals surface area contributed by atoms with Gasteiger partial charge in [-0.2, -0.15) is 0 Å². The highest BCUT2D eigenvalue weighted by molar-refractivity contribution is 5.81. The average Bonchev–Trinajstić information content (AvgIpc) is 2.50. The predicted octanol–water partition coefficient (Wildman–Crippen LogP) is 4.56. The van der Waals surface area contributed by atoms with Gasteiger partial charge in [-0.05, 0) is 75.9 Å². The van der Waals surface area contributed by atoms with Gasteiger partial charge in [-0.3, -0.25) is 4.79 Å². The van der Waals surface area contributed by atoms with E-state index in [9.17, 15) is 4.79 Å². The summed E-state index contributed by atoms with van der Waals surface area (Å²) >= 11 is 0. The Morgan fingerprint density at radius 1 is 0.917 bits per heavy atom. The zero-order valence-corrected chi connectivity index (χ0v) is 15.4. The van der Waals surface area contributed by atoms with Gasteiger partial charge in [-0.15, -0.1) is 0 Å². The molecule has 2 aromatic rings. The fraction of sp³-hybridized carbons (Fsp3) is 0.381. The number of rotatable bonds is 5. The van der Waals surface area contributed by atoms with Crippen LogP contribution in [0.25, 0.3) is 0 Å². The molecule has 0 saturated heterocycles. The molecule has 0 saturated carbocycles. The summed E-state index contributed by atoms with van der Waals surface area (Å²) in [7, 11) is 0. The number of hydrogen-bond acceptors (Lipinski definition) is 2. The first-order valence-electron chi connectivity index (χ1n) is 8.39. The van der Waals surface area contributed by atoms with Crippen molar-refractivity contribution in [2.45, 2.75) is 53.7 Å². The summed E-state index contributed by atoms with van der Waals surface area (Å²) in [6, 6.07) is 12.1. The summed E-state index contributed by atoms with van der Waals surface area (Å²) in [5, 5.41) is 3.04. The first-order chi connectivity index (χ1) is 11.3. The van der Waals surface area contributed by atoms with Crippen LogP contribution in [0, 0.1) is 27.7 Å². The third kappa shape index (κ3) is 4.38. The number of nitrogens with one attached hydrogen (secondary N) is 1. The highest BCUT2D eigenvalue weighted by atomic mass is 16.5. The van der Waals surface area contributed by atoms with Crippen LogP contribution in [0.15, 0.2) is 36.4 Å². The summed E-state index contributed by atoms with van der Waals surface area (Å²) in [6.45, 7) is 12.0. The SMILES string of the molecule is Cc1ccc([C@@H](C)NC(=O)[C@@H](C)Oc2ccc(C)c(C)c2)c(C)c1. The van der Waals surface area contributed by atoms with Crippen molar-refractivity contribution in [1.29, 1.82) is 0 Å². The predicted molar refractivity (Wildman–Crippen MR) is 98.5 cm³/mol. The van der Waals surface area contributed by atoms with Crippen LogP contribution in [0.3, 0.4) is 0 Å². The fourth-order valence-electron chi connectivity index (χ4n) is 2.76. The molecule has 0 heterocycles. The molecule has 0 aliphatic heterocycles. The molecule has 0 aliphatic carbocycles. The first-order valence-corrected chi connectivity index (χ1v) is 8.39. The van der Waals surface area contributed by atoms with E-state index in [1.165, 1.54) is 16.7 Å². The molecule has 0 aliphatic rings. The van der Waals surface area contributed by atoms with Gasteiger partial charge in [0.2, 0.25) is 0 Å². The van der Waals surface area contributed by atoms with Gasteiger partial charge in [0.05, 0.1) is 6.04 Å². The molecular formula is C21H27NO2. The zero-order chi connectivity index (χ0) is 17.9. The zero-order valence-electron chi connectivity index (χ0n) is 15.4. The largest absolute Gasteiger partial charge is 0.481 e. The summed E-state index contributed by atoms with van der Waals surface area (Å²) < 4.78 is 5.79. The van der Waals surface area contributed by atoms with Crippen molar-refractivity contribution in [3.8, 4) is 5.75 Å². The number of hydrogen-bond donors (Lipinski definition) is 1. The van der Waals surface area contributed by atoms with Crippen LogP contribution in [0.4, 0.5) is 0 Å². The molecule has 0 radical (unpaired) electrons. The Bertz CT molecular complexity index is 737. The third-order valence-electron chi connectivity index (χ3n) is 4.41. The van der Waals surface area contributed by atoms with E-state index < -0.39 is 6.10 Å². The van der Waals surface area contributed by atoms with Crippen LogP contribution >= 0.6 is 0 Å². The molecule has 1 N–H and O–H groups in total. The van der Waals surface area contributed by atoms with Crippen LogP contribution < -0.4 is 10.1 Å². The minimum atomic E-state index is -0.541. The second-order valence-corrected chi connectivity index (χ2v) is 6.60. The Morgan fingerprint density at radius 2 is 1.62 bits per heavy atom. The van der Waals surface area contributed by atoms with Crippen molar-refractivity contribution in [2.75, 3.05) is 0 Å². The average molecular weight is 325 g/mol. The maximum absolute atomic E-state index is 12.4. The first kappa shape index (κ1) is 18.1. The van der Waals surface area contributed by atoms with E-state index in [4.69, 9.17) is 4.74 Å². The van der Waals surface area contributed by atoms with Crippen molar-refractivity contribution < 1.29 is 9.53 Å². The maximum Gasteiger partial charge on any atom is 0.261 e. The minimum absolute atomic E-state index is 0.0519. The Kier molecular flexibility index (Phi) is 5.66. The van der Waals surface area contributed by atoms with E-state index in [-0.39, 0.29) is 11.9 Å². The van der Waals surface area contributed by atoms with Gasteiger partial charge in [0.1, 0.15) is 5.75 Å². The van der Waals surface area contributed by atoms with Crippen LogP contribution in [0.5, 0.6) is 5.75 Å². The van der Waals surface area contributed by atoms with Crippen molar-refractivity contribution in [3.63, 3.8) is 0 Å². The Balaban J connectivity index is 2.01. The lowest BCUT2D eigenvalue weighted by Crippen LogP contribution is -2.38.